The molecule has 0 radical (unpaired) electrons. The number of ether oxygens (including phenoxy) is 1. The van der Waals surface area contributed by atoms with Gasteiger partial charge in [-0.05, 0) is 26.8 Å². The van der Waals surface area contributed by atoms with Crippen molar-refractivity contribution in [3.63, 3.8) is 0 Å². The topological polar surface area (TPSA) is 56.3 Å². The van der Waals surface area contributed by atoms with Gasteiger partial charge in [-0.1, -0.05) is 0 Å². The average molecular weight is 238 g/mol. The van der Waals surface area contributed by atoms with E-state index in [1.165, 1.54) is 11.4 Å². The van der Waals surface area contributed by atoms with E-state index in [9.17, 15) is 0 Å². The lowest BCUT2D eigenvalue weighted by atomic mass is 10.1. The molecule has 1 atom stereocenters. The monoisotopic (exact) mass is 238 g/mol. The van der Waals surface area contributed by atoms with Gasteiger partial charge < -0.3 is 15.4 Å². The third-order valence-corrected chi connectivity index (χ3v) is 3.25. The molecule has 2 rings (SSSR count). The van der Waals surface area contributed by atoms with Crippen molar-refractivity contribution < 1.29 is 4.74 Å². The van der Waals surface area contributed by atoms with Gasteiger partial charge in [0.2, 0.25) is 0 Å². The highest BCUT2D eigenvalue weighted by Crippen LogP contribution is 2.25. The molecule has 0 aliphatic carbocycles. The van der Waals surface area contributed by atoms with Crippen LogP contribution in [0.2, 0.25) is 0 Å². The fraction of sp³-hybridized carbons (Fsp3) is 0.750. The normalized spacial score (nSPS) is 20.9. The molecule has 17 heavy (non-hydrogen) atoms. The largest absolute Gasteiger partial charge is 0.375 e. The highest BCUT2D eigenvalue weighted by atomic mass is 16.5. The Kier molecular flexibility index (Phi) is 3.69. The van der Waals surface area contributed by atoms with Gasteiger partial charge in [-0.3, -0.25) is 4.68 Å². The summed E-state index contributed by atoms with van der Waals surface area (Å²) in [5, 5.41) is 4.51. The molecule has 1 saturated heterocycles. The standard InChI is InChI=1S/C12H22N4O/c1-9-8-16(6-7-17-9)12-11(4-5-13)10(2)14-15(12)3/h9H,4-8,13H2,1-3H3. The van der Waals surface area contributed by atoms with Crippen molar-refractivity contribution in [2.75, 3.05) is 31.1 Å². The van der Waals surface area contributed by atoms with Crippen LogP contribution in [0.25, 0.3) is 0 Å². The summed E-state index contributed by atoms with van der Waals surface area (Å²) >= 11 is 0. The van der Waals surface area contributed by atoms with Crippen LogP contribution < -0.4 is 10.6 Å². The van der Waals surface area contributed by atoms with Crippen LogP contribution >= 0.6 is 0 Å². The van der Waals surface area contributed by atoms with Crippen LogP contribution in [0.3, 0.4) is 0 Å². The van der Waals surface area contributed by atoms with E-state index >= 15 is 0 Å². The minimum absolute atomic E-state index is 0.282. The number of aromatic nitrogens is 2. The minimum Gasteiger partial charge on any atom is -0.375 e. The molecular formula is C12H22N4O. The highest BCUT2D eigenvalue weighted by Gasteiger charge is 2.23. The molecule has 1 aliphatic rings. The van der Waals surface area contributed by atoms with E-state index in [1.54, 1.807) is 0 Å². The van der Waals surface area contributed by atoms with Gasteiger partial charge in [-0.25, -0.2) is 0 Å². The molecule has 0 aromatic carbocycles. The molecule has 0 spiro atoms. The third-order valence-electron chi connectivity index (χ3n) is 3.25. The number of nitrogens with zero attached hydrogens (tertiary/aromatic N) is 3. The number of hydrogen-bond acceptors (Lipinski definition) is 4. The molecule has 0 bridgehead atoms. The number of hydrogen-bond donors (Lipinski definition) is 1. The summed E-state index contributed by atoms with van der Waals surface area (Å²) in [6.45, 7) is 7.47. The molecule has 1 aromatic heterocycles. The molecule has 1 fully saturated rings. The van der Waals surface area contributed by atoms with Crippen molar-refractivity contribution in [3.05, 3.63) is 11.3 Å². The molecule has 0 amide bonds. The lowest BCUT2D eigenvalue weighted by Gasteiger charge is -2.33. The van der Waals surface area contributed by atoms with E-state index in [-0.39, 0.29) is 6.10 Å². The van der Waals surface area contributed by atoms with E-state index in [4.69, 9.17) is 10.5 Å². The predicted octanol–water partition coefficient (Wildman–Crippen LogP) is 0.455. The Hall–Kier alpha value is -1.07. The second-order valence-electron chi connectivity index (χ2n) is 4.68. The lowest BCUT2D eigenvalue weighted by molar-refractivity contribution is 0.0526. The van der Waals surface area contributed by atoms with Gasteiger partial charge in [-0.15, -0.1) is 0 Å². The zero-order chi connectivity index (χ0) is 12.4. The van der Waals surface area contributed by atoms with Gasteiger partial charge in [0.15, 0.2) is 0 Å². The summed E-state index contributed by atoms with van der Waals surface area (Å²) in [6.07, 6.45) is 1.17. The maximum atomic E-state index is 5.68. The smallest absolute Gasteiger partial charge is 0.130 e. The highest BCUT2D eigenvalue weighted by molar-refractivity contribution is 5.50. The minimum atomic E-state index is 0.282. The van der Waals surface area contributed by atoms with Gasteiger partial charge >= 0.3 is 0 Å². The summed E-state index contributed by atoms with van der Waals surface area (Å²) < 4.78 is 7.55. The van der Waals surface area contributed by atoms with Crippen LogP contribution in [-0.4, -0.2) is 42.1 Å². The summed E-state index contributed by atoms with van der Waals surface area (Å²) in [4.78, 5) is 2.36. The summed E-state index contributed by atoms with van der Waals surface area (Å²) in [5.74, 6) is 1.21. The maximum Gasteiger partial charge on any atom is 0.130 e. The molecule has 5 nitrogen and oxygen atoms in total. The molecular weight excluding hydrogens is 216 g/mol. The van der Waals surface area contributed by atoms with Crippen molar-refractivity contribution in [1.29, 1.82) is 0 Å². The van der Waals surface area contributed by atoms with Gasteiger partial charge in [0, 0.05) is 25.7 Å². The Morgan fingerprint density at radius 2 is 2.29 bits per heavy atom. The molecule has 0 saturated carbocycles. The quantitative estimate of drug-likeness (QED) is 0.831. The second kappa shape index (κ2) is 5.06. The number of anilines is 1. The first-order valence-electron chi connectivity index (χ1n) is 6.22. The van der Waals surface area contributed by atoms with Crippen LogP contribution in [-0.2, 0) is 18.2 Å². The molecule has 5 heteroatoms. The Balaban J connectivity index is 2.29. The summed E-state index contributed by atoms with van der Waals surface area (Å²) in [6, 6.07) is 0. The molecule has 96 valence electrons. The Morgan fingerprint density at radius 3 is 2.94 bits per heavy atom. The zero-order valence-corrected chi connectivity index (χ0v) is 10.9. The first-order chi connectivity index (χ1) is 8.13. The van der Waals surface area contributed by atoms with Gasteiger partial charge in [-0.2, -0.15) is 5.10 Å². The second-order valence-corrected chi connectivity index (χ2v) is 4.68. The maximum absolute atomic E-state index is 5.68. The number of morpholine rings is 1. The van der Waals surface area contributed by atoms with E-state index in [2.05, 4.69) is 23.8 Å². The van der Waals surface area contributed by atoms with E-state index in [0.717, 1.165) is 31.8 Å². The first kappa shape index (κ1) is 12.4. The Bertz CT molecular complexity index is 388. The molecule has 1 aliphatic heterocycles. The van der Waals surface area contributed by atoms with Crippen LogP contribution in [0.4, 0.5) is 5.82 Å². The zero-order valence-electron chi connectivity index (χ0n) is 10.9. The van der Waals surface area contributed by atoms with E-state index in [0.29, 0.717) is 6.54 Å². The molecule has 1 unspecified atom stereocenters. The molecule has 1 aromatic rings. The number of nitrogens with two attached hydrogens (primary N) is 1. The molecule has 2 N–H and O–H groups in total. The predicted molar refractivity (Wildman–Crippen MR) is 68.3 cm³/mol. The average Bonchev–Trinajstić information content (AvgIpc) is 2.54. The number of rotatable bonds is 3. The van der Waals surface area contributed by atoms with Crippen LogP contribution in [0.5, 0.6) is 0 Å². The van der Waals surface area contributed by atoms with Crippen molar-refractivity contribution in [3.8, 4) is 0 Å². The van der Waals surface area contributed by atoms with Crippen LogP contribution in [0, 0.1) is 6.92 Å². The van der Waals surface area contributed by atoms with Crippen LogP contribution in [0.15, 0.2) is 0 Å². The first-order valence-corrected chi connectivity index (χ1v) is 6.22. The van der Waals surface area contributed by atoms with Crippen molar-refractivity contribution in [2.45, 2.75) is 26.4 Å². The van der Waals surface area contributed by atoms with E-state index in [1.807, 2.05) is 11.7 Å². The van der Waals surface area contributed by atoms with E-state index < -0.39 is 0 Å². The fourth-order valence-corrected chi connectivity index (χ4v) is 2.53. The SMILES string of the molecule is Cc1nn(C)c(N2CCOC(C)C2)c1CCN. The van der Waals surface area contributed by atoms with Crippen molar-refractivity contribution in [1.82, 2.24) is 9.78 Å². The Labute approximate surface area is 103 Å². The summed E-state index contributed by atoms with van der Waals surface area (Å²) in [7, 11) is 2.00. The third kappa shape index (κ3) is 2.45. The van der Waals surface area contributed by atoms with Gasteiger partial charge in [0.1, 0.15) is 5.82 Å². The van der Waals surface area contributed by atoms with Crippen molar-refractivity contribution in [2.24, 2.45) is 12.8 Å². The van der Waals surface area contributed by atoms with Gasteiger partial charge in [0.05, 0.1) is 18.4 Å². The number of aryl methyl sites for hydroxylation is 2. The fourth-order valence-electron chi connectivity index (χ4n) is 2.53. The lowest BCUT2D eigenvalue weighted by Crippen LogP contribution is -2.42. The molecule has 2 heterocycles. The Morgan fingerprint density at radius 1 is 1.53 bits per heavy atom. The van der Waals surface area contributed by atoms with Crippen LogP contribution in [0.1, 0.15) is 18.2 Å². The van der Waals surface area contributed by atoms with Gasteiger partial charge in [0.25, 0.3) is 0 Å². The summed E-state index contributed by atoms with van der Waals surface area (Å²) in [5.41, 5.74) is 8.06. The van der Waals surface area contributed by atoms with Crippen molar-refractivity contribution >= 4 is 5.82 Å².